The highest BCUT2D eigenvalue weighted by molar-refractivity contribution is 7.93. The Balaban J connectivity index is 0.000000142. The first-order valence-corrected chi connectivity index (χ1v) is 46.5. The van der Waals surface area contributed by atoms with Crippen LogP contribution in [0.1, 0.15) is 151 Å². The third kappa shape index (κ3) is 20.7. The first-order valence-electron chi connectivity index (χ1n) is 40.2. The van der Waals surface area contributed by atoms with Gasteiger partial charge in [0.25, 0.3) is 20.0 Å². The Labute approximate surface area is 723 Å². The summed E-state index contributed by atoms with van der Waals surface area (Å²) in [5, 5.41) is 22.3. The topological polar surface area (TPSA) is 283 Å². The van der Waals surface area contributed by atoms with E-state index in [1.54, 1.807) is 126 Å². The molecule has 0 aliphatic heterocycles. The van der Waals surface area contributed by atoms with Crippen LogP contribution >= 0.6 is 0 Å². The van der Waals surface area contributed by atoms with E-state index in [9.17, 15) is 42.5 Å². The molecule has 0 aliphatic rings. The summed E-state index contributed by atoms with van der Waals surface area (Å²) in [5.41, 5.74) is 13.1. The summed E-state index contributed by atoms with van der Waals surface area (Å²) < 4.78 is 145. The maximum absolute atomic E-state index is 14.9. The molecule has 0 saturated carbocycles. The molecule has 0 unspecified atom stereocenters. The largest absolute Gasteiger partial charge is 0.264 e. The van der Waals surface area contributed by atoms with Crippen molar-refractivity contribution in [3.05, 3.63) is 335 Å². The van der Waals surface area contributed by atoms with Gasteiger partial charge in [-0.3, -0.25) is 38.7 Å². The van der Waals surface area contributed by atoms with Crippen LogP contribution < -0.4 is 9.44 Å². The Morgan fingerprint density at radius 3 is 1.30 bits per heavy atom. The van der Waals surface area contributed by atoms with Crippen LogP contribution in [0.3, 0.4) is 0 Å². The van der Waals surface area contributed by atoms with Crippen molar-refractivity contribution >= 4 is 94.8 Å². The first kappa shape index (κ1) is 89.3. The molecule has 0 fully saturated rings. The lowest BCUT2D eigenvalue weighted by Gasteiger charge is -2.19. The number of sulfone groups is 2. The number of fused-ring (bicyclic) bond motifs is 4. The smallest absolute Gasteiger partial charge is 0.263 e. The number of aryl methyl sites for hydroxylation is 4. The average Bonchev–Trinajstić information content (AvgIpc) is 1.58. The molecule has 2 N–H and O–H groups in total. The van der Waals surface area contributed by atoms with Gasteiger partial charge in [0.15, 0.2) is 31.3 Å². The molecule has 22 nitrogen and oxygen atoms in total. The fourth-order valence-electron chi connectivity index (χ4n) is 14.3. The van der Waals surface area contributed by atoms with Crippen molar-refractivity contribution in [1.82, 2.24) is 59.1 Å². The number of aromatic nitrogens is 12. The molecule has 0 radical (unpaired) electrons. The summed E-state index contributed by atoms with van der Waals surface area (Å²) in [6.07, 6.45) is 8.61. The minimum Gasteiger partial charge on any atom is -0.264 e. The summed E-state index contributed by atoms with van der Waals surface area (Å²) >= 11 is 0. The molecular formula is C96H100F2N14O8S4. The highest BCUT2D eigenvalue weighted by atomic mass is 32.2. The number of rotatable bonds is 18. The molecule has 0 bridgehead atoms. The average molecular weight is 1740 g/mol. The van der Waals surface area contributed by atoms with Crippen molar-refractivity contribution < 1.29 is 42.5 Å². The van der Waals surface area contributed by atoms with Crippen LogP contribution in [-0.4, -0.2) is 92.7 Å². The minimum atomic E-state index is -4.03. The Kier molecular flexibility index (Phi) is 25.5. The van der Waals surface area contributed by atoms with E-state index in [0.717, 1.165) is 71.8 Å². The number of halogens is 2. The molecule has 16 rings (SSSR count). The zero-order chi connectivity index (χ0) is 89.2. The van der Waals surface area contributed by atoms with Gasteiger partial charge in [-0.05, 0) is 216 Å². The third-order valence-corrected chi connectivity index (χ3v) is 27.1. The van der Waals surface area contributed by atoms with Gasteiger partial charge < -0.3 is 0 Å². The summed E-state index contributed by atoms with van der Waals surface area (Å²) in [5.74, 6) is -1.30. The van der Waals surface area contributed by atoms with E-state index in [0.29, 0.717) is 67.8 Å². The lowest BCUT2D eigenvalue weighted by Crippen LogP contribution is -2.17. The molecule has 8 aromatic carbocycles. The summed E-state index contributed by atoms with van der Waals surface area (Å²) in [6.45, 7) is 33.0. The molecule has 640 valence electrons. The van der Waals surface area contributed by atoms with Crippen molar-refractivity contribution in [3.8, 4) is 11.4 Å². The fourth-order valence-corrected chi connectivity index (χ4v) is 19.0. The van der Waals surface area contributed by atoms with Gasteiger partial charge in [-0.25, -0.2) is 51.8 Å². The number of pyridine rings is 4. The maximum Gasteiger partial charge on any atom is 0.263 e. The van der Waals surface area contributed by atoms with Crippen LogP contribution in [0.2, 0.25) is 0 Å². The molecular weight excluding hydrogens is 1640 g/mol. The Hall–Kier alpha value is -12.5. The summed E-state index contributed by atoms with van der Waals surface area (Å²) in [4.78, 5) is 18.0. The minimum absolute atomic E-state index is 0.0218. The van der Waals surface area contributed by atoms with E-state index >= 15 is 0 Å². The maximum atomic E-state index is 14.9. The monoisotopic (exact) mass is 1740 g/mol. The van der Waals surface area contributed by atoms with Gasteiger partial charge in [-0.1, -0.05) is 174 Å². The molecule has 0 atom stereocenters. The third-order valence-electron chi connectivity index (χ3n) is 21.1. The molecule has 28 heteroatoms. The van der Waals surface area contributed by atoms with Crippen LogP contribution in [0.15, 0.2) is 275 Å². The van der Waals surface area contributed by atoms with Gasteiger partial charge in [0.2, 0.25) is 0 Å². The lowest BCUT2D eigenvalue weighted by atomic mass is 9.87. The van der Waals surface area contributed by atoms with Gasteiger partial charge in [0.1, 0.15) is 11.6 Å². The van der Waals surface area contributed by atoms with Gasteiger partial charge in [-0.15, -0.1) is 0 Å². The Bertz CT molecular complexity index is 6880. The second kappa shape index (κ2) is 35.4. The molecule has 16 aromatic rings. The van der Waals surface area contributed by atoms with Crippen molar-refractivity contribution in [2.45, 2.75) is 177 Å². The van der Waals surface area contributed by atoms with E-state index < -0.39 is 51.4 Å². The van der Waals surface area contributed by atoms with E-state index in [-0.39, 0.29) is 60.3 Å². The van der Waals surface area contributed by atoms with Crippen LogP contribution in [0.4, 0.5) is 20.4 Å². The SMILES string of the molecule is Cc1cc(CS(=O)(=O)c2ccc(C(C)(C)C)cc2)n(Cc2cccc3cnccc23)n1.Cc1cc(CS(=O)(=O)c2ccc(C(C)(C)C)cc2)n(Cc2cccc3ncccc23)n1.Cc1cc(NS(=O)(=O)c2ccc(C(C)(C)C)cc2)n(-c2ccnc3ccc(F)cc23)n1.Cc1nn(-c2cccc3ncccc23)c(NS(=O)(=O)c2ccc(C(C)(C)C)cc2)c1F. The van der Waals surface area contributed by atoms with Crippen LogP contribution in [0.5, 0.6) is 0 Å². The van der Waals surface area contributed by atoms with Gasteiger partial charge in [0.05, 0.1) is 106 Å². The molecule has 0 amide bonds. The quantitative estimate of drug-likeness (QED) is 0.0807. The van der Waals surface area contributed by atoms with E-state index in [1.807, 2.05) is 156 Å². The molecule has 8 heterocycles. The number of nitrogens with one attached hydrogen (secondary N) is 2. The van der Waals surface area contributed by atoms with Crippen molar-refractivity contribution in [2.24, 2.45) is 0 Å². The van der Waals surface area contributed by atoms with Crippen LogP contribution in [0, 0.1) is 39.3 Å². The van der Waals surface area contributed by atoms with Gasteiger partial charge in [0, 0.05) is 58.6 Å². The highest BCUT2D eigenvalue weighted by Gasteiger charge is 2.29. The second-order valence-corrected chi connectivity index (χ2v) is 42.1. The molecule has 8 aromatic heterocycles. The van der Waals surface area contributed by atoms with Crippen LogP contribution in [-0.2, 0) is 86.0 Å². The zero-order valence-electron chi connectivity index (χ0n) is 72.1. The number of sulfonamides is 2. The fraction of sp³-hybridized carbons (Fsp3) is 0.250. The van der Waals surface area contributed by atoms with E-state index in [2.05, 4.69) is 112 Å². The van der Waals surface area contributed by atoms with Gasteiger partial charge >= 0.3 is 0 Å². The molecule has 0 aliphatic carbocycles. The first-order chi connectivity index (χ1) is 58.4. The number of hydrogen-bond acceptors (Lipinski definition) is 16. The standard InChI is InChI=1S/2C25H27N3O2S.2C23H23FN4O2S/c1-18-15-21(17-31(29,30)22-12-10-20(11-13-22)25(2,3)4)28(27-18)16-19-7-5-9-24-23(19)8-6-14-26-24;1-18-14-22(17-31(29,30)23-10-8-21(9-11-23)25(2,3)4)28(27-18)16-20-7-5-6-19-15-26-13-12-24(19)20;1-15-13-22(27-31(29,30)18-8-5-16(6-9-18)23(2,3)4)28(26-15)21-11-12-25-20-10-7-17(24)14-19(20)21;1-15-21(24)22(27-31(29,30)17-12-10-16(11-13-17)23(2,3)4)28(26-15)20-9-5-8-19-18(20)7-6-14-25-19/h2*5-15H,16-17H2,1-4H3;2*5-14,27H,1-4H3. The van der Waals surface area contributed by atoms with Crippen molar-refractivity contribution in [3.63, 3.8) is 0 Å². The van der Waals surface area contributed by atoms with Gasteiger partial charge in [-0.2, -0.15) is 20.4 Å². The van der Waals surface area contributed by atoms with Crippen molar-refractivity contribution in [1.29, 1.82) is 0 Å². The number of nitrogens with zero attached hydrogens (tertiary/aromatic N) is 12. The van der Waals surface area contributed by atoms with Crippen molar-refractivity contribution in [2.75, 3.05) is 9.44 Å². The van der Waals surface area contributed by atoms with Crippen LogP contribution in [0.25, 0.3) is 54.9 Å². The second-order valence-electron chi connectivity index (χ2n) is 34.8. The normalized spacial score (nSPS) is 12.3. The summed E-state index contributed by atoms with van der Waals surface area (Å²) in [7, 11) is -14.9. The Morgan fingerprint density at radius 1 is 0.363 bits per heavy atom. The zero-order valence-corrected chi connectivity index (χ0v) is 75.4. The lowest BCUT2D eigenvalue weighted by molar-refractivity contribution is 0.583. The molecule has 0 saturated heterocycles. The summed E-state index contributed by atoms with van der Waals surface area (Å²) in [6, 6.07) is 66.0. The number of anilines is 2. The highest BCUT2D eigenvalue weighted by Crippen LogP contribution is 2.35. The number of hydrogen-bond donors (Lipinski definition) is 2. The molecule has 124 heavy (non-hydrogen) atoms. The van der Waals surface area contributed by atoms with E-state index in [1.165, 1.54) is 40.6 Å². The van der Waals surface area contributed by atoms with E-state index in [4.69, 9.17) is 0 Å². The molecule has 0 spiro atoms. The predicted octanol–water partition coefficient (Wildman–Crippen LogP) is 20.1. The Morgan fingerprint density at radius 2 is 0.790 bits per heavy atom. The predicted molar refractivity (Wildman–Crippen MR) is 487 cm³/mol. The number of benzene rings is 8.